The Kier molecular flexibility index (Phi) is 4.70. The van der Waals surface area contributed by atoms with Crippen LogP contribution in [0.1, 0.15) is 15.9 Å². The fraction of sp³-hybridized carbons (Fsp3) is 0.188. The van der Waals surface area contributed by atoms with E-state index >= 15 is 0 Å². The quantitative estimate of drug-likeness (QED) is 0.910. The van der Waals surface area contributed by atoms with Gasteiger partial charge in [-0.3, -0.25) is 4.79 Å². The van der Waals surface area contributed by atoms with Gasteiger partial charge >= 0.3 is 0 Å². The molecule has 21 heavy (non-hydrogen) atoms. The number of anilines is 1. The van der Waals surface area contributed by atoms with Gasteiger partial charge in [-0.2, -0.15) is 0 Å². The number of nitrogens with one attached hydrogen (secondary N) is 1. The monoisotopic (exact) mass is 304 g/mol. The molecule has 0 radical (unpaired) electrons. The number of phenols is 1. The molecule has 0 aliphatic rings. The third kappa shape index (κ3) is 3.67. The zero-order chi connectivity index (χ0) is 15.4. The Morgan fingerprint density at radius 1 is 1.24 bits per heavy atom. The number of halogens is 1. The number of aromatic hydroxyl groups is 1. The van der Waals surface area contributed by atoms with E-state index in [0.717, 1.165) is 11.3 Å². The Hall–Kier alpha value is -2.20. The second kappa shape index (κ2) is 6.50. The normalized spacial score (nSPS) is 10.2. The molecule has 0 heterocycles. The largest absolute Gasteiger partial charge is 0.508 e. The molecule has 0 aromatic heterocycles. The lowest BCUT2D eigenvalue weighted by molar-refractivity contribution is 0.0828. The summed E-state index contributed by atoms with van der Waals surface area (Å²) >= 11 is 6.06. The van der Waals surface area contributed by atoms with E-state index in [1.807, 2.05) is 12.1 Å². The van der Waals surface area contributed by atoms with Gasteiger partial charge in [0.25, 0.3) is 5.91 Å². The number of rotatable bonds is 4. The Morgan fingerprint density at radius 2 is 1.95 bits per heavy atom. The molecule has 2 N–H and O–H groups in total. The molecule has 2 rings (SSSR count). The van der Waals surface area contributed by atoms with Crippen molar-refractivity contribution in [3.63, 3.8) is 0 Å². The predicted molar refractivity (Wildman–Crippen MR) is 84.9 cm³/mol. The van der Waals surface area contributed by atoms with Gasteiger partial charge in [0.2, 0.25) is 0 Å². The standard InChI is InChI=1S/C16H17ClN2O2/c1-19(2)16(21)13-9-12(7-8-14(13)17)18-10-11-5-3-4-6-15(11)20/h3-9,18,20H,10H2,1-2H3. The molecule has 0 bridgehead atoms. The number of carbonyl (C=O) groups is 1. The first-order valence-corrected chi connectivity index (χ1v) is 6.89. The average Bonchev–Trinajstić information content (AvgIpc) is 2.47. The molecule has 0 saturated carbocycles. The minimum atomic E-state index is -0.147. The molecule has 0 spiro atoms. The maximum absolute atomic E-state index is 12.0. The summed E-state index contributed by atoms with van der Waals surface area (Å²) < 4.78 is 0. The maximum atomic E-state index is 12.0. The molecule has 110 valence electrons. The molecule has 0 aliphatic carbocycles. The third-order valence-corrected chi connectivity index (χ3v) is 3.41. The van der Waals surface area contributed by atoms with E-state index in [0.29, 0.717) is 17.1 Å². The number of amides is 1. The lowest BCUT2D eigenvalue weighted by atomic mass is 10.1. The van der Waals surface area contributed by atoms with Crippen LogP contribution in [0.5, 0.6) is 5.75 Å². The van der Waals surface area contributed by atoms with Crippen molar-refractivity contribution >= 4 is 23.2 Å². The molecule has 0 atom stereocenters. The highest BCUT2D eigenvalue weighted by molar-refractivity contribution is 6.34. The summed E-state index contributed by atoms with van der Waals surface area (Å²) in [5.74, 6) is 0.0924. The topological polar surface area (TPSA) is 52.6 Å². The van der Waals surface area contributed by atoms with Crippen LogP contribution in [0.15, 0.2) is 42.5 Å². The number of benzene rings is 2. The van der Waals surface area contributed by atoms with Gasteiger partial charge in [-0.05, 0) is 24.3 Å². The van der Waals surface area contributed by atoms with E-state index in [-0.39, 0.29) is 11.7 Å². The zero-order valence-electron chi connectivity index (χ0n) is 11.9. The molecule has 0 aliphatic heterocycles. The van der Waals surface area contributed by atoms with Gasteiger partial charge < -0.3 is 15.3 Å². The third-order valence-electron chi connectivity index (χ3n) is 3.08. The Morgan fingerprint density at radius 3 is 2.62 bits per heavy atom. The maximum Gasteiger partial charge on any atom is 0.254 e. The Balaban J connectivity index is 2.16. The highest BCUT2D eigenvalue weighted by Crippen LogP contribution is 2.23. The summed E-state index contributed by atoms with van der Waals surface area (Å²) in [7, 11) is 3.36. The van der Waals surface area contributed by atoms with Crippen molar-refractivity contribution in [1.29, 1.82) is 0 Å². The molecule has 2 aromatic rings. The molecule has 1 amide bonds. The minimum absolute atomic E-state index is 0.147. The summed E-state index contributed by atoms with van der Waals surface area (Å²) in [5, 5.41) is 13.3. The first-order chi connectivity index (χ1) is 9.99. The molecule has 5 heteroatoms. The van der Waals surface area contributed by atoms with Gasteiger partial charge in [0, 0.05) is 31.9 Å². The van der Waals surface area contributed by atoms with E-state index in [4.69, 9.17) is 11.6 Å². The van der Waals surface area contributed by atoms with E-state index in [1.165, 1.54) is 4.90 Å². The van der Waals surface area contributed by atoms with Crippen LogP contribution in [-0.4, -0.2) is 30.0 Å². The summed E-state index contributed by atoms with van der Waals surface area (Å²) in [6.45, 7) is 0.462. The van der Waals surface area contributed by atoms with Crippen LogP contribution >= 0.6 is 11.6 Å². The smallest absolute Gasteiger partial charge is 0.254 e. The van der Waals surface area contributed by atoms with Crippen LogP contribution in [0.25, 0.3) is 0 Å². The number of para-hydroxylation sites is 1. The van der Waals surface area contributed by atoms with E-state index in [2.05, 4.69) is 5.32 Å². The van der Waals surface area contributed by atoms with Gasteiger partial charge in [-0.25, -0.2) is 0 Å². The van der Waals surface area contributed by atoms with E-state index in [1.54, 1.807) is 44.4 Å². The number of nitrogens with zero attached hydrogens (tertiary/aromatic N) is 1. The van der Waals surface area contributed by atoms with E-state index in [9.17, 15) is 9.90 Å². The molecule has 0 fully saturated rings. The molecule has 2 aromatic carbocycles. The molecule has 0 unspecified atom stereocenters. The average molecular weight is 305 g/mol. The van der Waals surface area contributed by atoms with Gasteiger partial charge in [-0.15, -0.1) is 0 Å². The Bertz CT molecular complexity index is 656. The Labute approximate surface area is 129 Å². The van der Waals surface area contributed by atoms with Crippen molar-refractivity contribution in [3.05, 3.63) is 58.6 Å². The van der Waals surface area contributed by atoms with Crippen molar-refractivity contribution in [3.8, 4) is 5.75 Å². The highest BCUT2D eigenvalue weighted by atomic mass is 35.5. The minimum Gasteiger partial charge on any atom is -0.508 e. The van der Waals surface area contributed by atoms with Crippen molar-refractivity contribution in [2.24, 2.45) is 0 Å². The lowest BCUT2D eigenvalue weighted by Crippen LogP contribution is -2.22. The van der Waals surface area contributed by atoms with Crippen molar-refractivity contribution in [2.45, 2.75) is 6.54 Å². The SMILES string of the molecule is CN(C)C(=O)c1cc(NCc2ccccc2O)ccc1Cl. The molecule has 4 nitrogen and oxygen atoms in total. The summed E-state index contributed by atoms with van der Waals surface area (Å²) in [6, 6.07) is 12.3. The van der Waals surface area contributed by atoms with Crippen LogP contribution in [0, 0.1) is 0 Å². The number of hydrogen-bond donors (Lipinski definition) is 2. The molecular formula is C16H17ClN2O2. The van der Waals surface area contributed by atoms with Gasteiger partial charge in [0.15, 0.2) is 0 Å². The van der Waals surface area contributed by atoms with Crippen LogP contribution in [0.4, 0.5) is 5.69 Å². The van der Waals surface area contributed by atoms with E-state index < -0.39 is 0 Å². The first-order valence-electron chi connectivity index (χ1n) is 6.51. The number of hydrogen-bond acceptors (Lipinski definition) is 3. The fourth-order valence-corrected chi connectivity index (χ4v) is 2.10. The summed E-state index contributed by atoms with van der Waals surface area (Å²) in [4.78, 5) is 13.5. The van der Waals surface area contributed by atoms with Crippen LogP contribution < -0.4 is 5.32 Å². The second-order valence-corrected chi connectivity index (χ2v) is 5.28. The van der Waals surface area contributed by atoms with Crippen molar-refractivity contribution in [2.75, 3.05) is 19.4 Å². The number of carbonyl (C=O) groups excluding carboxylic acids is 1. The molecular weight excluding hydrogens is 288 g/mol. The summed E-state index contributed by atoms with van der Waals surface area (Å²) in [5.41, 5.74) is 2.00. The first kappa shape index (κ1) is 15.2. The van der Waals surface area contributed by atoms with Crippen LogP contribution in [-0.2, 0) is 6.54 Å². The molecule has 0 saturated heterocycles. The predicted octanol–water partition coefficient (Wildman–Crippen LogP) is 3.36. The van der Waals surface area contributed by atoms with Gasteiger partial charge in [0.05, 0.1) is 10.6 Å². The number of phenolic OH excluding ortho intramolecular Hbond substituents is 1. The highest BCUT2D eigenvalue weighted by Gasteiger charge is 2.13. The van der Waals surface area contributed by atoms with Crippen molar-refractivity contribution < 1.29 is 9.90 Å². The van der Waals surface area contributed by atoms with Gasteiger partial charge in [-0.1, -0.05) is 29.8 Å². The lowest BCUT2D eigenvalue weighted by Gasteiger charge is -2.14. The van der Waals surface area contributed by atoms with Crippen LogP contribution in [0.3, 0.4) is 0 Å². The van der Waals surface area contributed by atoms with Gasteiger partial charge in [0.1, 0.15) is 5.75 Å². The summed E-state index contributed by atoms with van der Waals surface area (Å²) in [6.07, 6.45) is 0. The van der Waals surface area contributed by atoms with Crippen LogP contribution in [0.2, 0.25) is 5.02 Å². The second-order valence-electron chi connectivity index (χ2n) is 4.88. The van der Waals surface area contributed by atoms with Crippen molar-refractivity contribution in [1.82, 2.24) is 4.90 Å². The zero-order valence-corrected chi connectivity index (χ0v) is 12.7. The fourth-order valence-electron chi connectivity index (χ4n) is 1.90.